The van der Waals surface area contributed by atoms with Gasteiger partial charge in [0.25, 0.3) is 0 Å². The quantitative estimate of drug-likeness (QED) is 0.845. The first-order chi connectivity index (χ1) is 11.0. The van der Waals surface area contributed by atoms with E-state index in [2.05, 4.69) is 4.90 Å². The number of hydrogen-bond donors (Lipinski definition) is 1. The van der Waals surface area contributed by atoms with Crippen LogP contribution in [0.4, 0.5) is 4.39 Å². The Morgan fingerprint density at radius 2 is 1.78 bits per heavy atom. The number of halogens is 1. The van der Waals surface area contributed by atoms with Crippen LogP contribution in [0.2, 0.25) is 0 Å². The second kappa shape index (κ2) is 7.88. The molecule has 2 aromatic carbocycles. The molecule has 0 aromatic heterocycles. The molecule has 0 fully saturated rings. The Labute approximate surface area is 136 Å². The lowest BCUT2D eigenvalue weighted by atomic mass is 9.87. The Balaban J connectivity index is 2.27. The second-order valence-electron chi connectivity index (χ2n) is 6.01. The number of carboxylic acid groups (broad SMARTS) is 1. The van der Waals surface area contributed by atoms with Gasteiger partial charge in [0, 0.05) is 0 Å². The van der Waals surface area contributed by atoms with E-state index in [-0.39, 0.29) is 11.7 Å². The molecule has 122 valence electrons. The molecule has 4 heteroatoms. The van der Waals surface area contributed by atoms with Gasteiger partial charge >= 0.3 is 5.97 Å². The minimum Gasteiger partial charge on any atom is -0.478 e. The third-order valence-corrected chi connectivity index (χ3v) is 3.98. The summed E-state index contributed by atoms with van der Waals surface area (Å²) in [5.41, 5.74) is 2.19. The SMILES string of the molecule is CN(C)CCC(Cc1ccccc1C(=O)O)c1ccc(F)cc1. The van der Waals surface area contributed by atoms with Crippen molar-refractivity contribution in [1.82, 2.24) is 4.90 Å². The van der Waals surface area contributed by atoms with Crippen LogP contribution in [0.1, 0.15) is 33.8 Å². The van der Waals surface area contributed by atoms with Crippen molar-refractivity contribution in [3.8, 4) is 0 Å². The number of nitrogens with zero attached hydrogens (tertiary/aromatic N) is 1. The summed E-state index contributed by atoms with van der Waals surface area (Å²) in [7, 11) is 4.01. The minimum absolute atomic E-state index is 0.151. The highest BCUT2D eigenvalue weighted by Crippen LogP contribution is 2.26. The van der Waals surface area contributed by atoms with Crippen molar-refractivity contribution < 1.29 is 14.3 Å². The fraction of sp³-hybridized carbons (Fsp3) is 0.316. The molecular formula is C19H22FNO2. The molecule has 2 rings (SSSR count). The monoisotopic (exact) mass is 315 g/mol. The molecule has 1 atom stereocenters. The van der Waals surface area contributed by atoms with Gasteiger partial charge in [0.1, 0.15) is 5.82 Å². The van der Waals surface area contributed by atoms with E-state index in [1.165, 1.54) is 12.1 Å². The van der Waals surface area contributed by atoms with Gasteiger partial charge in [0.05, 0.1) is 5.56 Å². The van der Waals surface area contributed by atoms with Crippen LogP contribution in [0.15, 0.2) is 48.5 Å². The topological polar surface area (TPSA) is 40.5 Å². The summed E-state index contributed by atoms with van der Waals surface area (Å²) >= 11 is 0. The van der Waals surface area contributed by atoms with Crippen molar-refractivity contribution >= 4 is 5.97 Å². The molecule has 0 radical (unpaired) electrons. The maximum Gasteiger partial charge on any atom is 0.335 e. The van der Waals surface area contributed by atoms with Crippen molar-refractivity contribution in [1.29, 1.82) is 0 Å². The normalized spacial score (nSPS) is 12.3. The fourth-order valence-corrected chi connectivity index (χ4v) is 2.71. The molecule has 0 spiro atoms. The van der Waals surface area contributed by atoms with Crippen LogP contribution >= 0.6 is 0 Å². The van der Waals surface area contributed by atoms with Crippen LogP contribution in [0, 0.1) is 5.82 Å². The van der Waals surface area contributed by atoms with E-state index in [9.17, 15) is 14.3 Å². The third-order valence-electron chi connectivity index (χ3n) is 3.98. The molecular weight excluding hydrogens is 293 g/mol. The summed E-state index contributed by atoms with van der Waals surface area (Å²) in [6.07, 6.45) is 1.51. The molecule has 1 unspecified atom stereocenters. The molecule has 0 amide bonds. The highest BCUT2D eigenvalue weighted by atomic mass is 19.1. The lowest BCUT2D eigenvalue weighted by molar-refractivity contribution is 0.0695. The van der Waals surface area contributed by atoms with E-state index in [1.807, 2.05) is 26.2 Å². The van der Waals surface area contributed by atoms with Gasteiger partial charge in [-0.1, -0.05) is 30.3 Å². The van der Waals surface area contributed by atoms with E-state index in [4.69, 9.17) is 0 Å². The Morgan fingerprint density at radius 3 is 2.39 bits per heavy atom. The highest BCUT2D eigenvalue weighted by molar-refractivity contribution is 5.89. The summed E-state index contributed by atoms with van der Waals surface area (Å²) in [5, 5.41) is 9.35. The molecule has 0 heterocycles. The first-order valence-electron chi connectivity index (χ1n) is 7.68. The zero-order valence-electron chi connectivity index (χ0n) is 13.5. The number of aromatic carboxylic acids is 1. The van der Waals surface area contributed by atoms with Gasteiger partial charge in [-0.3, -0.25) is 0 Å². The van der Waals surface area contributed by atoms with E-state index in [0.717, 1.165) is 24.1 Å². The van der Waals surface area contributed by atoms with Gasteiger partial charge in [0.2, 0.25) is 0 Å². The van der Waals surface area contributed by atoms with Crippen molar-refractivity contribution in [2.24, 2.45) is 0 Å². The lowest BCUT2D eigenvalue weighted by Gasteiger charge is -2.21. The van der Waals surface area contributed by atoms with Gasteiger partial charge in [0.15, 0.2) is 0 Å². The van der Waals surface area contributed by atoms with Gasteiger partial charge in [-0.2, -0.15) is 0 Å². The van der Waals surface area contributed by atoms with Crippen LogP contribution in [-0.2, 0) is 6.42 Å². The molecule has 0 aliphatic heterocycles. The number of carboxylic acids is 1. The molecule has 0 aliphatic rings. The largest absolute Gasteiger partial charge is 0.478 e. The maximum absolute atomic E-state index is 13.2. The fourth-order valence-electron chi connectivity index (χ4n) is 2.71. The third kappa shape index (κ3) is 4.89. The molecule has 0 saturated heterocycles. The summed E-state index contributed by atoms with van der Waals surface area (Å²) in [6, 6.07) is 13.6. The zero-order chi connectivity index (χ0) is 16.8. The Morgan fingerprint density at radius 1 is 1.13 bits per heavy atom. The van der Waals surface area contributed by atoms with Gasteiger partial charge in [-0.25, -0.2) is 9.18 Å². The van der Waals surface area contributed by atoms with Crippen molar-refractivity contribution in [2.45, 2.75) is 18.8 Å². The minimum atomic E-state index is -0.911. The number of benzene rings is 2. The predicted molar refractivity (Wildman–Crippen MR) is 89.4 cm³/mol. The number of rotatable bonds is 7. The van der Waals surface area contributed by atoms with Gasteiger partial charge in [-0.15, -0.1) is 0 Å². The molecule has 0 bridgehead atoms. The Hall–Kier alpha value is -2.20. The number of hydrogen-bond acceptors (Lipinski definition) is 2. The average molecular weight is 315 g/mol. The van der Waals surface area contributed by atoms with Crippen LogP contribution in [0.3, 0.4) is 0 Å². The lowest BCUT2D eigenvalue weighted by Crippen LogP contribution is -2.17. The number of carbonyl (C=O) groups is 1. The summed E-state index contributed by atoms with van der Waals surface area (Å²) in [5.74, 6) is -1.02. The summed E-state index contributed by atoms with van der Waals surface area (Å²) in [4.78, 5) is 13.5. The van der Waals surface area contributed by atoms with E-state index < -0.39 is 5.97 Å². The van der Waals surface area contributed by atoms with E-state index in [1.54, 1.807) is 24.3 Å². The molecule has 23 heavy (non-hydrogen) atoms. The van der Waals surface area contributed by atoms with Crippen molar-refractivity contribution in [3.63, 3.8) is 0 Å². The van der Waals surface area contributed by atoms with Crippen LogP contribution in [0.25, 0.3) is 0 Å². The molecule has 0 aliphatic carbocycles. The highest BCUT2D eigenvalue weighted by Gasteiger charge is 2.17. The molecule has 2 aromatic rings. The first kappa shape index (κ1) is 17.2. The standard InChI is InChI=1S/C19H22FNO2/c1-21(2)12-11-15(14-7-9-17(20)10-8-14)13-16-5-3-4-6-18(16)19(22)23/h3-10,15H,11-13H2,1-2H3,(H,22,23). The molecule has 3 nitrogen and oxygen atoms in total. The smallest absolute Gasteiger partial charge is 0.335 e. The average Bonchev–Trinajstić information content (AvgIpc) is 2.52. The molecule has 1 N–H and O–H groups in total. The van der Waals surface area contributed by atoms with Gasteiger partial charge < -0.3 is 10.0 Å². The van der Waals surface area contributed by atoms with Crippen LogP contribution < -0.4 is 0 Å². The van der Waals surface area contributed by atoms with Gasteiger partial charge in [-0.05, 0) is 68.7 Å². The zero-order valence-corrected chi connectivity index (χ0v) is 13.5. The van der Waals surface area contributed by atoms with Crippen molar-refractivity contribution in [2.75, 3.05) is 20.6 Å². The van der Waals surface area contributed by atoms with Crippen LogP contribution in [-0.4, -0.2) is 36.6 Å². The first-order valence-corrected chi connectivity index (χ1v) is 7.68. The van der Waals surface area contributed by atoms with E-state index in [0.29, 0.717) is 12.0 Å². The Bertz CT molecular complexity index is 653. The molecule has 0 saturated carbocycles. The van der Waals surface area contributed by atoms with E-state index >= 15 is 0 Å². The Kier molecular flexibility index (Phi) is 5.88. The van der Waals surface area contributed by atoms with Crippen molar-refractivity contribution in [3.05, 3.63) is 71.0 Å². The summed E-state index contributed by atoms with van der Waals surface area (Å²) in [6.45, 7) is 0.886. The maximum atomic E-state index is 13.2. The predicted octanol–water partition coefficient (Wildman–Crippen LogP) is 3.80. The second-order valence-corrected chi connectivity index (χ2v) is 6.01. The summed E-state index contributed by atoms with van der Waals surface area (Å²) < 4.78 is 13.2. The van der Waals surface area contributed by atoms with Crippen LogP contribution in [0.5, 0.6) is 0 Å².